The van der Waals surface area contributed by atoms with Gasteiger partial charge >= 0.3 is 0 Å². The lowest BCUT2D eigenvalue weighted by molar-refractivity contribution is 0.0801. The zero-order valence-corrected chi connectivity index (χ0v) is 25.4. The molecule has 1 unspecified atom stereocenters. The smallest absolute Gasteiger partial charge is 0.178 e. The van der Waals surface area contributed by atoms with Gasteiger partial charge in [-0.3, -0.25) is 0 Å². The minimum absolute atomic E-state index is 0.498. The Bertz CT molecular complexity index is 1880. The van der Waals surface area contributed by atoms with Gasteiger partial charge in [0.15, 0.2) is 17.1 Å². The maximum atomic E-state index is 12.5. The van der Waals surface area contributed by atoms with Gasteiger partial charge in [-0.15, -0.1) is 0 Å². The van der Waals surface area contributed by atoms with Crippen molar-refractivity contribution < 1.29 is 28.8 Å². The summed E-state index contributed by atoms with van der Waals surface area (Å²) in [6.07, 6.45) is 4.69. The van der Waals surface area contributed by atoms with Gasteiger partial charge in [0.05, 0.1) is 28.4 Å². The number of hydrogen-bond donors (Lipinski definition) is 1. The van der Waals surface area contributed by atoms with E-state index >= 15 is 0 Å². The molecule has 1 aliphatic heterocycles. The second kappa shape index (κ2) is 10.4. The molecular weight excluding hydrogens is 552 g/mol. The molecule has 0 saturated carbocycles. The maximum Gasteiger partial charge on any atom is 0.178 e. The van der Waals surface area contributed by atoms with Crippen LogP contribution in [0.25, 0.3) is 28.0 Å². The molecule has 0 amide bonds. The average Bonchev–Trinajstić information content (AvgIpc) is 3.36. The number of fused-ring (bicyclic) bond motifs is 8. The zero-order chi connectivity index (χ0) is 30.6. The van der Waals surface area contributed by atoms with Crippen molar-refractivity contribution in [3.8, 4) is 39.9 Å². The van der Waals surface area contributed by atoms with Crippen LogP contribution in [0.5, 0.6) is 28.7 Å². The average molecular weight is 587 g/mol. The van der Waals surface area contributed by atoms with Crippen LogP contribution in [0.4, 0.5) is 0 Å². The Morgan fingerprint density at radius 2 is 1.27 bits per heavy atom. The van der Waals surface area contributed by atoms with Crippen LogP contribution < -0.4 is 23.7 Å². The first-order valence-electron chi connectivity index (χ1n) is 14.7. The molecule has 6 nitrogen and oxygen atoms in total. The molecule has 0 fully saturated rings. The topological polar surface area (TPSA) is 66.4 Å². The summed E-state index contributed by atoms with van der Waals surface area (Å²) in [5.74, 6) is 3.37. The highest BCUT2D eigenvalue weighted by atomic mass is 16.5. The Labute approximate surface area is 257 Å². The van der Waals surface area contributed by atoms with Gasteiger partial charge in [0.2, 0.25) is 0 Å². The molecule has 0 spiro atoms. The summed E-state index contributed by atoms with van der Waals surface area (Å²) in [7, 11) is 6.58. The van der Waals surface area contributed by atoms with Crippen molar-refractivity contribution in [3.63, 3.8) is 0 Å². The van der Waals surface area contributed by atoms with Gasteiger partial charge in [0, 0.05) is 27.6 Å². The monoisotopic (exact) mass is 586 g/mol. The minimum atomic E-state index is -1.20. The first-order chi connectivity index (χ1) is 21.4. The van der Waals surface area contributed by atoms with Gasteiger partial charge in [-0.2, -0.15) is 0 Å². The standard InChI is InChI=1S/C38H34O6/c1-6-37(39)31-10-8-7-9-27(31)34-29-21-32(42-4)33(43-5)22-30(29)36-28(35(34)37)19-20-38(44-36,23-11-15-25(40-2)16-12-23)24-13-17-26(41-3)18-14-24/h7-22,39H,6H2,1-5H3. The molecular formula is C38H34O6. The van der Waals surface area contributed by atoms with Crippen molar-refractivity contribution in [2.24, 2.45) is 0 Å². The van der Waals surface area contributed by atoms with Crippen molar-refractivity contribution >= 4 is 16.8 Å². The van der Waals surface area contributed by atoms with Crippen LogP contribution in [0.2, 0.25) is 0 Å². The summed E-state index contributed by atoms with van der Waals surface area (Å²) < 4.78 is 29.8. The van der Waals surface area contributed by atoms with Crippen molar-refractivity contribution in [2.75, 3.05) is 28.4 Å². The van der Waals surface area contributed by atoms with E-state index in [0.29, 0.717) is 23.7 Å². The van der Waals surface area contributed by atoms with Crippen LogP contribution in [0, 0.1) is 0 Å². The van der Waals surface area contributed by atoms with Crippen molar-refractivity contribution in [2.45, 2.75) is 24.5 Å². The lowest BCUT2D eigenvalue weighted by Gasteiger charge is -2.38. The van der Waals surface area contributed by atoms with Crippen molar-refractivity contribution in [1.82, 2.24) is 0 Å². The highest BCUT2D eigenvalue weighted by molar-refractivity contribution is 6.09. The Morgan fingerprint density at radius 3 is 1.82 bits per heavy atom. The molecule has 222 valence electrons. The molecule has 2 aliphatic rings. The summed E-state index contributed by atoms with van der Waals surface area (Å²) in [5, 5.41) is 14.2. The van der Waals surface area contributed by atoms with Crippen LogP contribution in [-0.4, -0.2) is 33.5 Å². The third-order valence-electron chi connectivity index (χ3n) is 9.15. The van der Waals surface area contributed by atoms with E-state index in [-0.39, 0.29) is 0 Å². The summed E-state index contributed by atoms with van der Waals surface area (Å²) in [6.45, 7) is 2.02. The minimum Gasteiger partial charge on any atom is -0.497 e. The quantitative estimate of drug-likeness (QED) is 0.210. The van der Waals surface area contributed by atoms with Gasteiger partial charge < -0.3 is 28.8 Å². The van der Waals surface area contributed by atoms with E-state index in [1.807, 2.05) is 85.8 Å². The summed E-state index contributed by atoms with van der Waals surface area (Å²) in [6, 6.07) is 27.9. The fourth-order valence-corrected chi connectivity index (χ4v) is 6.89. The van der Waals surface area contributed by atoms with Crippen LogP contribution >= 0.6 is 0 Å². The van der Waals surface area contributed by atoms with E-state index in [1.54, 1.807) is 28.4 Å². The number of hydrogen-bond acceptors (Lipinski definition) is 6. The summed E-state index contributed by atoms with van der Waals surface area (Å²) in [4.78, 5) is 0. The molecule has 0 bridgehead atoms. The molecule has 0 radical (unpaired) electrons. The SMILES string of the molecule is CCC1(O)c2ccccc2-c2c1c1c(c3cc(OC)c(OC)cc23)OC(c2ccc(OC)cc2)(c2ccc(OC)cc2)C=C1. The molecule has 5 aromatic carbocycles. The lowest BCUT2D eigenvalue weighted by atomic mass is 9.79. The van der Waals surface area contributed by atoms with E-state index in [1.165, 1.54) is 0 Å². The second-order valence-electron chi connectivity index (χ2n) is 11.1. The number of ether oxygens (including phenoxy) is 5. The molecule has 6 heteroatoms. The molecule has 1 N–H and O–H groups in total. The van der Waals surface area contributed by atoms with E-state index in [9.17, 15) is 5.11 Å². The second-order valence-corrected chi connectivity index (χ2v) is 11.1. The fourth-order valence-electron chi connectivity index (χ4n) is 6.89. The van der Waals surface area contributed by atoms with E-state index in [4.69, 9.17) is 23.7 Å². The van der Waals surface area contributed by atoms with Crippen molar-refractivity contribution in [3.05, 3.63) is 119 Å². The van der Waals surface area contributed by atoms with Crippen LogP contribution in [0.3, 0.4) is 0 Å². The highest BCUT2D eigenvalue weighted by Gasteiger charge is 2.47. The Hall–Kier alpha value is -4.94. The lowest BCUT2D eigenvalue weighted by Crippen LogP contribution is -2.35. The van der Waals surface area contributed by atoms with Crippen LogP contribution in [0.15, 0.2) is 91.0 Å². The summed E-state index contributed by atoms with van der Waals surface area (Å²) >= 11 is 0. The Kier molecular flexibility index (Phi) is 6.56. The third-order valence-corrected chi connectivity index (χ3v) is 9.15. The molecule has 0 saturated heterocycles. The number of rotatable bonds is 7. The van der Waals surface area contributed by atoms with E-state index in [0.717, 1.165) is 61.2 Å². The van der Waals surface area contributed by atoms with Gasteiger partial charge in [-0.1, -0.05) is 61.5 Å². The first kappa shape index (κ1) is 27.9. The van der Waals surface area contributed by atoms with Crippen LogP contribution in [0.1, 0.15) is 41.2 Å². The van der Waals surface area contributed by atoms with Crippen LogP contribution in [-0.2, 0) is 11.2 Å². The molecule has 5 aromatic rings. The molecule has 0 aromatic heterocycles. The number of aliphatic hydroxyl groups is 1. The van der Waals surface area contributed by atoms with Gasteiger partial charge in [0.25, 0.3) is 0 Å². The molecule has 44 heavy (non-hydrogen) atoms. The number of benzene rings is 5. The summed E-state index contributed by atoms with van der Waals surface area (Å²) in [5.41, 5.74) is 4.21. The van der Waals surface area contributed by atoms with Gasteiger partial charge in [0.1, 0.15) is 22.8 Å². The molecule has 1 heterocycles. The molecule has 7 rings (SSSR count). The Balaban J connectivity index is 1.58. The Morgan fingerprint density at radius 1 is 0.705 bits per heavy atom. The number of methoxy groups -OCH3 is 4. The highest BCUT2D eigenvalue weighted by Crippen LogP contribution is 2.59. The van der Waals surface area contributed by atoms with E-state index < -0.39 is 11.2 Å². The normalized spacial score (nSPS) is 17.3. The maximum absolute atomic E-state index is 12.5. The zero-order valence-electron chi connectivity index (χ0n) is 25.4. The van der Waals surface area contributed by atoms with Gasteiger partial charge in [-0.25, -0.2) is 0 Å². The first-order valence-corrected chi connectivity index (χ1v) is 14.7. The third kappa shape index (κ3) is 3.84. The largest absolute Gasteiger partial charge is 0.497 e. The van der Waals surface area contributed by atoms with Gasteiger partial charge in [-0.05, 0) is 71.0 Å². The molecule has 1 atom stereocenters. The van der Waals surface area contributed by atoms with E-state index in [2.05, 4.69) is 18.2 Å². The fraction of sp³-hybridized carbons (Fsp3) is 0.211. The molecule has 1 aliphatic carbocycles. The van der Waals surface area contributed by atoms with Crippen molar-refractivity contribution in [1.29, 1.82) is 0 Å². The predicted octanol–water partition coefficient (Wildman–Crippen LogP) is 7.85. The predicted molar refractivity (Wildman–Crippen MR) is 172 cm³/mol.